The Morgan fingerprint density at radius 1 is 1.30 bits per heavy atom. The van der Waals surface area contributed by atoms with E-state index in [1.165, 1.54) is 0 Å². The molecular weight excluding hydrogens is 361 g/mol. The van der Waals surface area contributed by atoms with E-state index < -0.39 is 5.60 Å². The molecule has 1 saturated heterocycles. The first-order valence-electron chi connectivity index (χ1n) is 7.39. The molecule has 0 radical (unpaired) electrons. The zero-order valence-electron chi connectivity index (χ0n) is 13.0. The van der Waals surface area contributed by atoms with Crippen LogP contribution in [0.5, 0.6) is 0 Å². The highest BCUT2D eigenvalue weighted by atomic mass is 35.5. The number of carbonyl (C=O) groups excluding carboxylic acids is 1. The highest BCUT2D eigenvalue weighted by Gasteiger charge is 2.35. The molecule has 1 aliphatic rings. The molecule has 0 bridgehead atoms. The Labute approximate surface area is 152 Å². The van der Waals surface area contributed by atoms with Gasteiger partial charge in [0.05, 0.1) is 23.2 Å². The summed E-state index contributed by atoms with van der Waals surface area (Å²) in [5.74, 6) is 0. The number of ether oxygens (including phenoxy) is 1. The van der Waals surface area contributed by atoms with Crippen molar-refractivity contribution >= 4 is 41.6 Å². The molecule has 8 heteroatoms. The Balaban J connectivity index is 0.00000264. The van der Waals surface area contributed by atoms with Gasteiger partial charge in [-0.2, -0.15) is 0 Å². The van der Waals surface area contributed by atoms with Gasteiger partial charge in [0, 0.05) is 13.1 Å². The molecule has 1 atom stereocenters. The zero-order valence-corrected chi connectivity index (χ0v) is 15.3. The normalized spacial score (nSPS) is 21.0. The number of benzene rings is 1. The van der Waals surface area contributed by atoms with E-state index in [1.54, 1.807) is 6.07 Å². The van der Waals surface area contributed by atoms with Crippen LogP contribution in [0.1, 0.15) is 18.9 Å². The van der Waals surface area contributed by atoms with E-state index in [0.717, 1.165) is 25.1 Å². The van der Waals surface area contributed by atoms with Gasteiger partial charge in [-0.3, -0.25) is 0 Å². The van der Waals surface area contributed by atoms with Gasteiger partial charge < -0.3 is 20.7 Å². The molecule has 5 nitrogen and oxygen atoms in total. The molecule has 2 rings (SSSR count). The predicted octanol–water partition coefficient (Wildman–Crippen LogP) is 2.94. The van der Waals surface area contributed by atoms with Gasteiger partial charge in [0.1, 0.15) is 5.60 Å². The summed E-state index contributed by atoms with van der Waals surface area (Å²) in [7, 11) is 0. The third-order valence-electron chi connectivity index (χ3n) is 3.68. The van der Waals surface area contributed by atoms with E-state index >= 15 is 0 Å². The Hall–Kier alpha value is -0.720. The number of amides is 2. The van der Waals surface area contributed by atoms with E-state index in [-0.39, 0.29) is 18.4 Å². The summed E-state index contributed by atoms with van der Waals surface area (Å²) in [6.07, 6.45) is 0.733. The van der Waals surface area contributed by atoms with Crippen LogP contribution >= 0.6 is 35.6 Å². The van der Waals surface area contributed by atoms with Crippen LogP contribution in [0.15, 0.2) is 18.2 Å². The smallest absolute Gasteiger partial charge is 0.314 e. The molecule has 0 aromatic heterocycles. The number of hydrogen-bond donors (Lipinski definition) is 3. The lowest BCUT2D eigenvalue weighted by atomic mass is 9.90. The molecule has 0 saturated carbocycles. The van der Waals surface area contributed by atoms with Crippen LogP contribution in [0.2, 0.25) is 10.0 Å². The van der Waals surface area contributed by atoms with Gasteiger partial charge in [-0.05, 0) is 37.6 Å². The fourth-order valence-electron chi connectivity index (χ4n) is 2.50. The van der Waals surface area contributed by atoms with Crippen LogP contribution in [0.3, 0.4) is 0 Å². The van der Waals surface area contributed by atoms with Crippen LogP contribution in [0.4, 0.5) is 4.79 Å². The van der Waals surface area contributed by atoms with Crippen LogP contribution in [0.25, 0.3) is 0 Å². The first-order valence-corrected chi connectivity index (χ1v) is 8.15. The first kappa shape index (κ1) is 20.3. The molecule has 1 fully saturated rings. The second-order valence-corrected chi connectivity index (χ2v) is 6.00. The van der Waals surface area contributed by atoms with Crippen molar-refractivity contribution in [3.8, 4) is 0 Å². The molecule has 1 unspecified atom stereocenters. The van der Waals surface area contributed by atoms with Crippen molar-refractivity contribution in [1.82, 2.24) is 16.0 Å². The molecule has 0 spiro atoms. The highest BCUT2D eigenvalue weighted by Crippen LogP contribution is 2.34. The maximum Gasteiger partial charge on any atom is 0.314 e. The molecule has 2 amide bonds. The van der Waals surface area contributed by atoms with Gasteiger partial charge in [0.2, 0.25) is 0 Å². The number of urea groups is 1. The summed E-state index contributed by atoms with van der Waals surface area (Å²) in [6.45, 7) is 4.98. The van der Waals surface area contributed by atoms with Gasteiger partial charge >= 0.3 is 6.03 Å². The maximum atomic E-state index is 11.7. The summed E-state index contributed by atoms with van der Waals surface area (Å²) < 4.78 is 6.09. The van der Waals surface area contributed by atoms with E-state index in [9.17, 15) is 4.79 Å². The van der Waals surface area contributed by atoms with Crippen LogP contribution in [0, 0.1) is 0 Å². The van der Waals surface area contributed by atoms with Crippen molar-refractivity contribution in [3.63, 3.8) is 0 Å². The van der Waals surface area contributed by atoms with Gasteiger partial charge in [-0.1, -0.05) is 29.3 Å². The molecule has 1 aromatic rings. The van der Waals surface area contributed by atoms with Gasteiger partial charge in [-0.15, -0.1) is 12.4 Å². The minimum atomic E-state index is -0.608. The average molecular weight is 383 g/mol. The number of nitrogens with one attached hydrogen (secondary N) is 3. The van der Waals surface area contributed by atoms with E-state index in [4.69, 9.17) is 27.9 Å². The quantitative estimate of drug-likeness (QED) is 0.750. The standard InChI is InChI=1S/C15H21Cl2N3O2.ClH/c1-2-19-14(21)20-10-15(5-6-18-7-8-22-15)11-3-4-12(16)13(17)9-11;/h3-4,9,18H,2,5-8,10H2,1H3,(H2,19,20,21);1H. The monoisotopic (exact) mass is 381 g/mol. The molecular formula is C15H22Cl3N3O2. The summed E-state index contributed by atoms with van der Waals surface area (Å²) in [4.78, 5) is 11.7. The minimum absolute atomic E-state index is 0. The number of halogens is 3. The van der Waals surface area contributed by atoms with Gasteiger partial charge in [-0.25, -0.2) is 4.79 Å². The van der Waals surface area contributed by atoms with Crippen LogP contribution in [-0.4, -0.2) is 38.8 Å². The third kappa shape index (κ3) is 5.40. The summed E-state index contributed by atoms with van der Waals surface area (Å²) in [6, 6.07) is 5.27. The summed E-state index contributed by atoms with van der Waals surface area (Å²) >= 11 is 12.1. The number of rotatable bonds is 4. The van der Waals surface area contributed by atoms with Crippen LogP contribution < -0.4 is 16.0 Å². The van der Waals surface area contributed by atoms with E-state index in [2.05, 4.69) is 16.0 Å². The lowest BCUT2D eigenvalue weighted by molar-refractivity contribution is -0.0398. The van der Waals surface area contributed by atoms with Crippen molar-refractivity contribution in [2.45, 2.75) is 18.9 Å². The second-order valence-electron chi connectivity index (χ2n) is 5.18. The summed E-state index contributed by atoms with van der Waals surface area (Å²) in [5.41, 5.74) is 0.311. The van der Waals surface area contributed by atoms with Crippen molar-refractivity contribution < 1.29 is 9.53 Å². The predicted molar refractivity (Wildman–Crippen MR) is 95.9 cm³/mol. The molecule has 3 N–H and O–H groups in total. The largest absolute Gasteiger partial charge is 0.367 e. The molecule has 1 aliphatic heterocycles. The first-order chi connectivity index (χ1) is 10.6. The fraction of sp³-hybridized carbons (Fsp3) is 0.533. The number of hydrogen-bond acceptors (Lipinski definition) is 3. The molecule has 130 valence electrons. The lowest BCUT2D eigenvalue weighted by Gasteiger charge is -2.33. The summed E-state index contributed by atoms with van der Waals surface area (Å²) in [5, 5.41) is 9.88. The van der Waals surface area contributed by atoms with Gasteiger partial charge in [0.15, 0.2) is 0 Å². The Kier molecular flexibility index (Phi) is 8.44. The SMILES string of the molecule is CCNC(=O)NCC1(c2ccc(Cl)c(Cl)c2)CCNCCO1.Cl. The lowest BCUT2D eigenvalue weighted by Crippen LogP contribution is -2.46. The Morgan fingerprint density at radius 2 is 2.09 bits per heavy atom. The Bertz CT molecular complexity index is 521. The second kappa shape index (κ2) is 9.55. The molecule has 1 aromatic carbocycles. The van der Waals surface area contributed by atoms with Crippen LogP contribution in [-0.2, 0) is 10.3 Å². The maximum absolute atomic E-state index is 11.7. The minimum Gasteiger partial charge on any atom is -0.367 e. The molecule has 23 heavy (non-hydrogen) atoms. The van der Waals surface area contributed by atoms with Crippen molar-refractivity contribution in [2.24, 2.45) is 0 Å². The number of carbonyl (C=O) groups is 1. The average Bonchev–Trinajstić information content (AvgIpc) is 2.75. The molecule has 1 heterocycles. The zero-order chi connectivity index (χ0) is 16.0. The van der Waals surface area contributed by atoms with Gasteiger partial charge in [0.25, 0.3) is 0 Å². The fourth-order valence-corrected chi connectivity index (χ4v) is 2.80. The van der Waals surface area contributed by atoms with E-state index in [1.807, 2.05) is 19.1 Å². The third-order valence-corrected chi connectivity index (χ3v) is 4.42. The topological polar surface area (TPSA) is 62.4 Å². The highest BCUT2D eigenvalue weighted by molar-refractivity contribution is 6.42. The Morgan fingerprint density at radius 3 is 2.78 bits per heavy atom. The molecule has 0 aliphatic carbocycles. The van der Waals surface area contributed by atoms with E-state index in [0.29, 0.717) is 29.7 Å². The van der Waals surface area contributed by atoms with Crippen molar-refractivity contribution in [2.75, 3.05) is 32.8 Å². The van der Waals surface area contributed by atoms with Crippen molar-refractivity contribution in [3.05, 3.63) is 33.8 Å². The van der Waals surface area contributed by atoms with Crippen molar-refractivity contribution in [1.29, 1.82) is 0 Å².